The summed E-state index contributed by atoms with van der Waals surface area (Å²) in [6, 6.07) is 6.00. The molecule has 0 saturated heterocycles. The second-order valence-electron chi connectivity index (χ2n) is 4.04. The number of carbonyl (C=O) groups excluding carboxylic acids is 1. The number of aromatic amines is 1. The Morgan fingerprint density at radius 3 is 2.95 bits per heavy atom. The minimum absolute atomic E-state index is 0.316. The molecule has 1 aliphatic rings. The molecule has 1 unspecified atom stereocenters. The highest BCUT2D eigenvalue weighted by molar-refractivity contribution is 8.15. The molecule has 0 bridgehead atoms. The first-order valence-corrected chi connectivity index (χ1v) is 6.45. The first-order chi connectivity index (χ1) is 9.13. The first-order valence-electron chi connectivity index (χ1n) is 5.57. The van der Waals surface area contributed by atoms with Gasteiger partial charge in [-0.15, -0.1) is 0 Å². The van der Waals surface area contributed by atoms with Crippen LogP contribution < -0.4 is 0 Å². The van der Waals surface area contributed by atoms with Gasteiger partial charge < -0.3 is 0 Å². The SMILES string of the molecule is Cc1nc(C2SC(c3cccc(F)c3)=NC2=O)n[nH]1. The average molecular weight is 276 g/mol. The third-order valence-electron chi connectivity index (χ3n) is 2.59. The van der Waals surface area contributed by atoms with E-state index >= 15 is 0 Å². The van der Waals surface area contributed by atoms with Crippen LogP contribution in [0.5, 0.6) is 0 Å². The number of aliphatic imine (C=N–C) groups is 1. The van der Waals surface area contributed by atoms with Gasteiger partial charge in [0, 0.05) is 5.56 Å². The highest BCUT2D eigenvalue weighted by atomic mass is 32.2. The number of halogens is 1. The molecule has 3 rings (SSSR count). The minimum Gasteiger partial charge on any atom is -0.271 e. The minimum atomic E-state index is -0.553. The summed E-state index contributed by atoms with van der Waals surface area (Å²) in [6.07, 6.45) is 0. The maximum absolute atomic E-state index is 13.2. The van der Waals surface area contributed by atoms with Crippen molar-refractivity contribution in [1.29, 1.82) is 0 Å². The van der Waals surface area contributed by atoms with Crippen molar-refractivity contribution in [2.24, 2.45) is 4.99 Å². The van der Waals surface area contributed by atoms with Crippen LogP contribution in [0.2, 0.25) is 0 Å². The third kappa shape index (κ3) is 2.28. The fraction of sp³-hybridized carbons (Fsp3) is 0.167. The Balaban J connectivity index is 1.88. The largest absolute Gasteiger partial charge is 0.271 e. The van der Waals surface area contributed by atoms with Crippen LogP contribution in [0, 0.1) is 12.7 Å². The van der Waals surface area contributed by atoms with Gasteiger partial charge >= 0.3 is 0 Å². The molecule has 19 heavy (non-hydrogen) atoms. The number of thioether (sulfide) groups is 1. The van der Waals surface area contributed by atoms with Crippen LogP contribution in [0.3, 0.4) is 0 Å². The van der Waals surface area contributed by atoms with Gasteiger partial charge in [-0.05, 0) is 19.1 Å². The summed E-state index contributed by atoms with van der Waals surface area (Å²) < 4.78 is 13.2. The highest BCUT2D eigenvalue weighted by Gasteiger charge is 2.33. The van der Waals surface area contributed by atoms with Crippen LogP contribution >= 0.6 is 11.8 Å². The number of carbonyl (C=O) groups is 1. The molecule has 0 radical (unpaired) electrons. The molecule has 1 aliphatic heterocycles. The predicted octanol–water partition coefficient (Wildman–Crippen LogP) is 2.01. The number of hydrogen-bond donors (Lipinski definition) is 1. The van der Waals surface area contributed by atoms with E-state index in [9.17, 15) is 9.18 Å². The van der Waals surface area contributed by atoms with Gasteiger partial charge in [0.1, 0.15) is 16.7 Å². The quantitative estimate of drug-likeness (QED) is 0.910. The lowest BCUT2D eigenvalue weighted by Gasteiger charge is -2.02. The lowest BCUT2D eigenvalue weighted by molar-refractivity contribution is -0.117. The molecule has 5 nitrogen and oxygen atoms in total. The monoisotopic (exact) mass is 276 g/mol. The van der Waals surface area contributed by atoms with E-state index in [2.05, 4.69) is 20.2 Å². The first kappa shape index (κ1) is 12.0. The van der Waals surface area contributed by atoms with E-state index < -0.39 is 5.25 Å². The summed E-state index contributed by atoms with van der Waals surface area (Å²) in [5, 5.41) is 6.61. The molecule has 1 atom stereocenters. The van der Waals surface area contributed by atoms with Gasteiger partial charge in [0.15, 0.2) is 11.1 Å². The Hall–Kier alpha value is -2.02. The van der Waals surface area contributed by atoms with E-state index in [4.69, 9.17) is 0 Å². The van der Waals surface area contributed by atoms with E-state index in [1.807, 2.05) is 0 Å². The molecule has 1 N–H and O–H groups in total. The summed E-state index contributed by atoms with van der Waals surface area (Å²) in [7, 11) is 0. The van der Waals surface area contributed by atoms with E-state index in [-0.39, 0.29) is 11.7 Å². The van der Waals surface area contributed by atoms with Crippen molar-refractivity contribution in [2.75, 3.05) is 0 Å². The van der Waals surface area contributed by atoms with Crippen LogP contribution in [0.25, 0.3) is 0 Å². The molecule has 0 saturated carbocycles. The molecule has 2 heterocycles. The van der Waals surface area contributed by atoms with Gasteiger partial charge in [-0.2, -0.15) is 5.10 Å². The van der Waals surface area contributed by atoms with Crippen molar-refractivity contribution in [3.63, 3.8) is 0 Å². The number of benzene rings is 1. The van der Waals surface area contributed by atoms with Crippen molar-refractivity contribution in [3.8, 4) is 0 Å². The Kier molecular flexibility index (Phi) is 2.90. The number of aryl methyl sites for hydroxylation is 1. The molecule has 0 spiro atoms. The molecule has 7 heteroatoms. The summed E-state index contributed by atoms with van der Waals surface area (Å²) in [5.74, 6) is 0.374. The Morgan fingerprint density at radius 2 is 2.26 bits per heavy atom. The zero-order chi connectivity index (χ0) is 13.4. The van der Waals surface area contributed by atoms with Crippen molar-refractivity contribution in [1.82, 2.24) is 15.2 Å². The van der Waals surface area contributed by atoms with Crippen LogP contribution in [0.4, 0.5) is 4.39 Å². The molecule has 96 valence electrons. The second kappa shape index (κ2) is 4.58. The number of aromatic nitrogens is 3. The average Bonchev–Trinajstić information content (AvgIpc) is 2.95. The molecule has 0 aliphatic carbocycles. The van der Waals surface area contributed by atoms with Gasteiger partial charge in [-0.1, -0.05) is 23.9 Å². The smallest absolute Gasteiger partial charge is 0.268 e. The Morgan fingerprint density at radius 1 is 1.42 bits per heavy atom. The summed E-state index contributed by atoms with van der Waals surface area (Å²) >= 11 is 1.24. The molecule has 1 aromatic heterocycles. The molecular formula is C12H9FN4OS. The van der Waals surface area contributed by atoms with Gasteiger partial charge in [0.25, 0.3) is 5.91 Å². The normalized spacial score (nSPS) is 18.7. The summed E-state index contributed by atoms with van der Waals surface area (Å²) in [6.45, 7) is 1.76. The number of rotatable bonds is 2. The number of amides is 1. The molecule has 0 fully saturated rings. The van der Waals surface area contributed by atoms with Crippen molar-refractivity contribution in [2.45, 2.75) is 12.2 Å². The van der Waals surface area contributed by atoms with Crippen LogP contribution in [0.15, 0.2) is 29.3 Å². The fourth-order valence-corrected chi connectivity index (χ4v) is 2.73. The standard InChI is InChI=1S/C12H9FN4OS/c1-6-14-10(17-16-6)9-11(18)15-12(19-9)7-3-2-4-8(13)5-7/h2-5,9H,1H3,(H,14,16,17). The number of H-pyrrole nitrogens is 1. The zero-order valence-corrected chi connectivity index (χ0v) is 10.7. The maximum Gasteiger partial charge on any atom is 0.268 e. The predicted molar refractivity (Wildman–Crippen MR) is 69.4 cm³/mol. The van der Waals surface area contributed by atoms with E-state index in [0.717, 1.165) is 0 Å². The van der Waals surface area contributed by atoms with Gasteiger partial charge in [0.2, 0.25) is 0 Å². The summed E-state index contributed by atoms with van der Waals surface area (Å²) in [4.78, 5) is 19.9. The number of nitrogens with zero attached hydrogens (tertiary/aromatic N) is 3. The van der Waals surface area contributed by atoms with Crippen molar-refractivity contribution >= 4 is 22.7 Å². The molecule has 2 aromatic rings. The third-order valence-corrected chi connectivity index (χ3v) is 3.78. The Bertz CT molecular complexity index is 682. The van der Waals surface area contributed by atoms with Crippen molar-refractivity contribution < 1.29 is 9.18 Å². The maximum atomic E-state index is 13.2. The van der Waals surface area contributed by atoms with Gasteiger partial charge in [0.05, 0.1) is 0 Å². The van der Waals surface area contributed by atoms with Gasteiger partial charge in [-0.25, -0.2) is 14.4 Å². The highest BCUT2D eigenvalue weighted by Crippen LogP contribution is 2.36. The molecule has 1 aromatic carbocycles. The van der Waals surface area contributed by atoms with Crippen LogP contribution in [-0.4, -0.2) is 26.1 Å². The Labute approximate surface area is 112 Å². The number of hydrogen-bond acceptors (Lipinski definition) is 4. The van der Waals surface area contributed by atoms with Gasteiger partial charge in [-0.3, -0.25) is 9.89 Å². The van der Waals surface area contributed by atoms with Crippen LogP contribution in [-0.2, 0) is 4.79 Å². The van der Waals surface area contributed by atoms with E-state index in [0.29, 0.717) is 22.3 Å². The lowest BCUT2D eigenvalue weighted by Crippen LogP contribution is -2.03. The van der Waals surface area contributed by atoms with Crippen molar-refractivity contribution in [3.05, 3.63) is 47.3 Å². The van der Waals surface area contributed by atoms with E-state index in [1.54, 1.807) is 19.1 Å². The summed E-state index contributed by atoms with van der Waals surface area (Å²) in [5.41, 5.74) is 0.591. The van der Waals surface area contributed by atoms with E-state index in [1.165, 1.54) is 23.9 Å². The molecule has 1 amide bonds. The lowest BCUT2D eigenvalue weighted by atomic mass is 10.2. The topological polar surface area (TPSA) is 71.0 Å². The fourth-order valence-electron chi connectivity index (χ4n) is 1.74. The molecular weight excluding hydrogens is 267 g/mol. The van der Waals surface area contributed by atoms with Crippen LogP contribution in [0.1, 0.15) is 22.5 Å². The second-order valence-corrected chi connectivity index (χ2v) is 5.14. The zero-order valence-electron chi connectivity index (χ0n) is 9.92. The number of nitrogens with one attached hydrogen (secondary N) is 1.